The van der Waals surface area contributed by atoms with E-state index in [1.54, 1.807) is 0 Å². The van der Waals surface area contributed by atoms with E-state index in [9.17, 15) is 0 Å². The van der Waals surface area contributed by atoms with Crippen LogP contribution in [0.1, 0.15) is 0 Å². The molecule has 3 heterocycles. The van der Waals surface area contributed by atoms with Gasteiger partial charge in [0, 0.05) is 38.2 Å². The highest BCUT2D eigenvalue weighted by atomic mass is 16.3. The van der Waals surface area contributed by atoms with E-state index >= 15 is 0 Å². The molecule has 0 radical (unpaired) electrons. The molecular weight excluding hydrogens is 733 g/mol. The maximum atomic E-state index is 6.57. The molecule has 0 aliphatic heterocycles. The van der Waals surface area contributed by atoms with Gasteiger partial charge in [-0.3, -0.25) is 4.57 Å². The van der Waals surface area contributed by atoms with E-state index in [0.717, 1.165) is 88.3 Å². The smallest absolute Gasteiger partial charge is 0.238 e. The summed E-state index contributed by atoms with van der Waals surface area (Å²) in [7, 11) is 0. The molecule has 0 unspecified atom stereocenters. The van der Waals surface area contributed by atoms with Crippen LogP contribution in [0.25, 0.3) is 117 Å². The first-order valence-corrected chi connectivity index (χ1v) is 20.2. The highest BCUT2D eigenvalue weighted by molar-refractivity contribution is 6.20. The lowest BCUT2D eigenvalue weighted by molar-refractivity contribution is 0.669. The SMILES string of the molecule is c1ccc(-c2ccc(-c3nc(-c4ccc(-c5ccccc5)cc4)nc(-n4c5ccccc5c5cccc(-c6ccc7c(c6)oc6ccc8ccccc8c67)c54)n3)cc2)cc1. The van der Waals surface area contributed by atoms with E-state index in [1.165, 1.54) is 10.8 Å². The van der Waals surface area contributed by atoms with Crippen LogP contribution >= 0.6 is 0 Å². The van der Waals surface area contributed by atoms with E-state index < -0.39 is 0 Å². The number of hydrogen-bond donors (Lipinski definition) is 0. The van der Waals surface area contributed by atoms with Crippen LogP contribution in [0.15, 0.2) is 211 Å². The Kier molecular flexibility index (Phi) is 7.78. The van der Waals surface area contributed by atoms with Crippen LogP contribution in [0.4, 0.5) is 0 Å². The van der Waals surface area contributed by atoms with Crippen LogP contribution in [-0.2, 0) is 0 Å². The zero-order valence-electron chi connectivity index (χ0n) is 32.3. The third-order valence-corrected chi connectivity index (χ3v) is 11.7. The minimum Gasteiger partial charge on any atom is -0.456 e. The zero-order chi connectivity index (χ0) is 39.6. The van der Waals surface area contributed by atoms with Gasteiger partial charge in [0.1, 0.15) is 11.2 Å². The molecule has 0 N–H and O–H groups in total. The van der Waals surface area contributed by atoms with Gasteiger partial charge < -0.3 is 4.42 Å². The van der Waals surface area contributed by atoms with E-state index in [1.807, 2.05) is 12.1 Å². The van der Waals surface area contributed by atoms with Gasteiger partial charge in [-0.2, -0.15) is 9.97 Å². The third-order valence-electron chi connectivity index (χ3n) is 11.7. The van der Waals surface area contributed by atoms with Crippen LogP contribution in [0.2, 0.25) is 0 Å². The maximum absolute atomic E-state index is 6.57. The lowest BCUT2D eigenvalue weighted by Crippen LogP contribution is -2.07. The monoisotopic (exact) mass is 766 g/mol. The van der Waals surface area contributed by atoms with Crippen LogP contribution in [0.3, 0.4) is 0 Å². The number of nitrogens with zero attached hydrogens (tertiary/aromatic N) is 4. The molecule has 0 saturated carbocycles. The molecule has 0 saturated heterocycles. The van der Waals surface area contributed by atoms with Gasteiger partial charge in [0.2, 0.25) is 5.95 Å². The highest BCUT2D eigenvalue weighted by Crippen LogP contribution is 2.41. The second-order valence-corrected chi connectivity index (χ2v) is 15.2. The Labute approximate surface area is 345 Å². The fraction of sp³-hybridized carbons (Fsp3) is 0. The minimum absolute atomic E-state index is 0.546. The summed E-state index contributed by atoms with van der Waals surface area (Å²) in [6.45, 7) is 0. The summed E-state index contributed by atoms with van der Waals surface area (Å²) in [5, 5.41) is 6.86. The summed E-state index contributed by atoms with van der Waals surface area (Å²) >= 11 is 0. The molecular formula is C55H34N4O. The second kappa shape index (κ2) is 13.8. The molecule has 0 fully saturated rings. The van der Waals surface area contributed by atoms with Crippen molar-refractivity contribution >= 4 is 54.5 Å². The predicted octanol–water partition coefficient (Wildman–Crippen LogP) is 14.4. The Hall–Kier alpha value is -8.15. The molecule has 0 spiro atoms. The van der Waals surface area contributed by atoms with Gasteiger partial charge in [-0.25, -0.2) is 4.98 Å². The standard InChI is InChI=1S/C55H34N4O/c1-3-12-35(13-4-1)37-22-26-40(27-23-37)53-56-54(41-28-24-38(25-29-41)36-14-5-2-6-15-36)58-55(57-53)59-48-21-10-9-18-45(48)46-20-11-19-44(52(46)59)42-30-32-47-50(34-42)60-49-33-31-39-16-7-8-17-43(39)51(47)49/h1-34H. The van der Waals surface area contributed by atoms with Crippen molar-refractivity contribution in [1.82, 2.24) is 19.5 Å². The number of fused-ring (bicyclic) bond motifs is 8. The summed E-state index contributed by atoms with van der Waals surface area (Å²) < 4.78 is 8.78. The fourth-order valence-corrected chi connectivity index (χ4v) is 8.78. The Morgan fingerprint density at radius 1 is 0.350 bits per heavy atom. The summed E-state index contributed by atoms with van der Waals surface area (Å²) in [6, 6.07) is 72.1. The predicted molar refractivity (Wildman–Crippen MR) is 246 cm³/mol. The topological polar surface area (TPSA) is 56.7 Å². The Morgan fingerprint density at radius 2 is 0.900 bits per heavy atom. The summed E-state index contributed by atoms with van der Waals surface area (Å²) in [5.74, 6) is 1.74. The van der Waals surface area contributed by atoms with Crippen molar-refractivity contribution in [1.29, 1.82) is 0 Å². The van der Waals surface area contributed by atoms with Crippen molar-refractivity contribution in [2.45, 2.75) is 0 Å². The number of furan rings is 1. The van der Waals surface area contributed by atoms with Crippen molar-refractivity contribution in [3.05, 3.63) is 206 Å². The first-order valence-electron chi connectivity index (χ1n) is 20.2. The molecule has 60 heavy (non-hydrogen) atoms. The highest BCUT2D eigenvalue weighted by Gasteiger charge is 2.21. The maximum Gasteiger partial charge on any atom is 0.238 e. The van der Waals surface area contributed by atoms with Gasteiger partial charge in [0.05, 0.1) is 11.0 Å². The van der Waals surface area contributed by atoms with Crippen LogP contribution in [0, 0.1) is 0 Å². The van der Waals surface area contributed by atoms with E-state index in [4.69, 9.17) is 19.4 Å². The second-order valence-electron chi connectivity index (χ2n) is 15.2. The number of para-hydroxylation sites is 2. The molecule has 5 nitrogen and oxygen atoms in total. The van der Waals surface area contributed by atoms with Crippen molar-refractivity contribution < 1.29 is 4.42 Å². The lowest BCUT2D eigenvalue weighted by Gasteiger charge is -2.13. The first kappa shape index (κ1) is 33.9. The lowest BCUT2D eigenvalue weighted by atomic mass is 9.99. The molecule has 0 atom stereocenters. The van der Waals surface area contributed by atoms with Gasteiger partial charge >= 0.3 is 0 Å². The van der Waals surface area contributed by atoms with E-state index in [2.05, 4.69) is 199 Å². The summed E-state index contributed by atoms with van der Waals surface area (Å²) in [5.41, 5.74) is 12.3. The van der Waals surface area contributed by atoms with Gasteiger partial charge in [-0.05, 0) is 62.9 Å². The fourth-order valence-electron chi connectivity index (χ4n) is 8.78. The Bertz CT molecular complexity index is 3470. The third kappa shape index (κ3) is 5.59. The summed E-state index contributed by atoms with van der Waals surface area (Å²) in [6.07, 6.45) is 0. The number of aromatic nitrogens is 4. The molecule has 9 aromatic carbocycles. The average molecular weight is 767 g/mol. The number of rotatable bonds is 6. The van der Waals surface area contributed by atoms with Crippen LogP contribution in [0.5, 0.6) is 0 Å². The number of benzene rings is 9. The first-order chi connectivity index (χ1) is 29.7. The van der Waals surface area contributed by atoms with Gasteiger partial charge in [-0.1, -0.05) is 182 Å². The largest absolute Gasteiger partial charge is 0.456 e. The Balaban J connectivity index is 1.07. The quantitative estimate of drug-likeness (QED) is 0.169. The molecule has 5 heteroatoms. The van der Waals surface area contributed by atoms with E-state index in [-0.39, 0.29) is 0 Å². The molecule has 12 rings (SSSR count). The molecule has 0 aliphatic carbocycles. The van der Waals surface area contributed by atoms with Gasteiger partial charge in [0.25, 0.3) is 0 Å². The normalized spacial score (nSPS) is 11.7. The van der Waals surface area contributed by atoms with Crippen molar-refractivity contribution in [2.75, 3.05) is 0 Å². The van der Waals surface area contributed by atoms with Gasteiger partial charge in [-0.15, -0.1) is 0 Å². The Morgan fingerprint density at radius 3 is 1.58 bits per heavy atom. The molecule has 0 aliphatic rings. The van der Waals surface area contributed by atoms with E-state index in [0.29, 0.717) is 17.6 Å². The zero-order valence-corrected chi connectivity index (χ0v) is 32.3. The molecule has 3 aromatic heterocycles. The van der Waals surface area contributed by atoms with Crippen molar-refractivity contribution in [3.8, 4) is 62.1 Å². The van der Waals surface area contributed by atoms with Crippen LogP contribution in [-0.4, -0.2) is 19.5 Å². The molecule has 12 aromatic rings. The molecule has 280 valence electrons. The molecule has 0 amide bonds. The average Bonchev–Trinajstić information content (AvgIpc) is 3.88. The van der Waals surface area contributed by atoms with Gasteiger partial charge in [0.15, 0.2) is 11.6 Å². The van der Waals surface area contributed by atoms with Crippen molar-refractivity contribution in [3.63, 3.8) is 0 Å². The van der Waals surface area contributed by atoms with Crippen LogP contribution < -0.4 is 0 Å². The van der Waals surface area contributed by atoms with Crippen molar-refractivity contribution in [2.24, 2.45) is 0 Å². The molecule has 0 bridgehead atoms. The summed E-state index contributed by atoms with van der Waals surface area (Å²) in [4.78, 5) is 15.8. The minimum atomic E-state index is 0.546. The number of hydrogen-bond acceptors (Lipinski definition) is 4.